The van der Waals surface area contributed by atoms with E-state index in [-0.39, 0.29) is 31.1 Å². The fraction of sp³-hybridized carbons (Fsp3) is 0.897. The molecule has 1 unspecified atom stereocenters. The van der Waals surface area contributed by atoms with Crippen molar-refractivity contribution in [2.45, 2.75) is 380 Å². The van der Waals surface area contributed by atoms with Gasteiger partial charge in [-0.3, -0.25) is 14.4 Å². The van der Waals surface area contributed by atoms with Crippen molar-refractivity contribution >= 4 is 17.9 Å². The molecular formula is C68H128O6. The molecule has 0 aliphatic heterocycles. The summed E-state index contributed by atoms with van der Waals surface area (Å²) >= 11 is 0. The van der Waals surface area contributed by atoms with Gasteiger partial charge in [0.25, 0.3) is 0 Å². The van der Waals surface area contributed by atoms with Gasteiger partial charge in [-0.05, 0) is 51.4 Å². The molecule has 0 aromatic rings. The Morgan fingerprint density at radius 3 is 0.743 bits per heavy atom. The van der Waals surface area contributed by atoms with Crippen molar-refractivity contribution in [3.8, 4) is 0 Å². The molecule has 0 saturated carbocycles. The first-order valence-electron chi connectivity index (χ1n) is 33.3. The van der Waals surface area contributed by atoms with Gasteiger partial charge in [0.2, 0.25) is 0 Å². The van der Waals surface area contributed by atoms with Gasteiger partial charge in [0.15, 0.2) is 6.10 Å². The van der Waals surface area contributed by atoms with Crippen LogP contribution in [0.4, 0.5) is 0 Å². The Hall–Kier alpha value is -2.11. The molecule has 436 valence electrons. The second-order valence-corrected chi connectivity index (χ2v) is 22.7. The third-order valence-corrected chi connectivity index (χ3v) is 15.2. The molecule has 74 heavy (non-hydrogen) atoms. The van der Waals surface area contributed by atoms with Crippen molar-refractivity contribution in [3.63, 3.8) is 0 Å². The van der Waals surface area contributed by atoms with Crippen LogP contribution >= 0.6 is 0 Å². The van der Waals surface area contributed by atoms with Crippen LogP contribution in [0.15, 0.2) is 24.3 Å². The predicted molar refractivity (Wildman–Crippen MR) is 321 cm³/mol. The number of unbranched alkanes of at least 4 members (excludes halogenated alkanes) is 47. The Kier molecular flexibility index (Phi) is 61.6. The zero-order valence-electron chi connectivity index (χ0n) is 50.1. The fourth-order valence-corrected chi connectivity index (χ4v) is 10.2. The smallest absolute Gasteiger partial charge is 0.306 e. The number of esters is 3. The molecule has 0 aromatic carbocycles. The third kappa shape index (κ3) is 60.8. The number of carbonyl (C=O) groups is 3. The summed E-state index contributed by atoms with van der Waals surface area (Å²) in [5, 5.41) is 0. The molecule has 0 radical (unpaired) electrons. The van der Waals surface area contributed by atoms with E-state index in [1.165, 1.54) is 270 Å². The summed E-state index contributed by atoms with van der Waals surface area (Å²) in [6.07, 6.45) is 76.1. The van der Waals surface area contributed by atoms with Crippen molar-refractivity contribution < 1.29 is 28.6 Å². The number of hydrogen-bond acceptors (Lipinski definition) is 6. The van der Waals surface area contributed by atoms with Gasteiger partial charge in [-0.25, -0.2) is 0 Å². The van der Waals surface area contributed by atoms with Crippen LogP contribution in [-0.4, -0.2) is 37.2 Å². The highest BCUT2D eigenvalue weighted by molar-refractivity contribution is 5.71. The first kappa shape index (κ1) is 71.9. The SMILES string of the molecule is CCCCCCC/C=C\C/C=C\CCCCCCCCCCCCCC(=O)OCC(COC(=O)CCCCCCCCCCCCCCCC)OC(=O)CCCCCCCCCCCCCCCCCCCCC. The number of allylic oxidation sites excluding steroid dienone is 4. The second-order valence-electron chi connectivity index (χ2n) is 22.7. The van der Waals surface area contributed by atoms with Crippen LogP contribution in [0, 0.1) is 0 Å². The van der Waals surface area contributed by atoms with E-state index in [4.69, 9.17) is 14.2 Å². The Morgan fingerprint density at radius 1 is 0.270 bits per heavy atom. The van der Waals surface area contributed by atoms with E-state index in [2.05, 4.69) is 45.1 Å². The fourth-order valence-electron chi connectivity index (χ4n) is 10.2. The highest BCUT2D eigenvalue weighted by Crippen LogP contribution is 2.18. The molecule has 6 nitrogen and oxygen atoms in total. The second kappa shape index (κ2) is 63.4. The Balaban J connectivity index is 4.27. The molecule has 0 rings (SSSR count). The van der Waals surface area contributed by atoms with Gasteiger partial charge in [-0.2, -0.15) is 0 Å². The average Bonchev–Trinajstić information content (AvgIpc) is 3.40. The lowest BCUT2D eigenvalue weighted by Gasteiger charge is -2.18. The number of rotatable bonds is 62. The van der Waals surface area contributed by atoms with Crippen LogP contribution in [0.5, 0.6) is 0 Å². The topological polar surface area (TPSA) is 78.9 Å². The summed E-state index contributed by atoms with van der Waals surface area (Å²) in [6.45, 7) is 6.70. The molecule has 0 bridgehead atoms. The van der Waals surface area contributed by atoms with Crippen LogP contribution in [-0.2, 0) is 28.6 Å². The normalized spacial score (nSPS) is 12.1. The van der Waals surface area contributed by atoms with E-state index in [9.17, 15) is 14.4 Å². The Morgan fingerprint density at radius 2 is 0.486 bits per heavy atom. The van der Waals surface area contributed by atoms with Gasteiger partial charge in [-0.15, -0.1) is 0 Å². The molecule has 0 aliphatic carbocycles. The third-order valence-electron chi connectivity index (χ3n) is 15.2. The van der Waals surface area contributed by atoms with Gasteiger partial charge < -0.3 is 14.2 Å². The number of ether oxygens (including phenoxy) is 3. The Bertz CT molecular complexity index is 1190. The van der Waals surface area contributed by atoms with Crippen molar-refractivity contribution in [1.29, 1.82) is 0 Å². The minimum atomic E-state index is -0.768. The van der Waals surface area contributed by atoms with E-state index < -0.39 is 6.10 Å². The summed E-state index contributed by atoms with van der Waals surface area (Å²) in [7, 11) is 0. The van der Waals surface area contributed by atoms with Crippen LogP contribution in [0.2, 0.25) is 0 Å². The zero-order chi connectivity index (χ0) is 53.6. The van der Waals surface area contributed by atoms with Crippen molar-refractivity contribution in [2.24, 2.45) is 0 Å². The lowest BCUT2D eigenvalue weighted by atomic mass is 10.0. The molecule has 0 amide bonds. The van der Waals surface area contributed by atoms with Crippen LogP contribution < -0.4 is 0 Å². The van der Waals surface area contributed by atoms with E-state index in [1.54, 1.807) is 0 Å². The maximum Gasteiger partial charge on any atom is 0.306 e. The molecule has 0 heterocycles. The summed E-state index contributed by atoms with van der Waals surface area (Å²) in [6, 6.07) is 0. The molecule has 0 aliphatic rings. The largest absolute Gasteiger partial charge is 0.462 e. The molecule has 6 heteroatoms. The molecule has 0 spiro atoms. The highest BCUT2D eigenvalue weighted by atomic mass is 16.6. The van der Waals surface area contributed by atoms with E-state index >= 15 is 0 Å². The van der Waals surface area contributed by atoms with Gasteiger partial charge in [0.1, 0.15) is 13.2 Å². The van der Waals surface area contributed by atoms with Crippen LogP contribution in [0.1, 0.15) is 374 Å². The van der Waals surface area contributed by atoms with E-state index in [1.807, 2.05) is 0 Å². The molecule has 0 N–H and O–H groups in total. The average molecular weight is 1040 g/mol. The quantitative estimate of drug-likeness (QED) is 0.0261. The van der Waals surface area contributed by atoms with E-state index in [0.29, 0.717) is 19.3 Å². The monoisotopic (exact) mass is 1040 g/mol. The molecule has 0 aromatic heterocycles. The van der Waals surface area contributed by atoms with Crippen LogP contribution in [0.25, 0.3) is 0 Å². The van der Waals surface area contributed by atoms with Crippen LogP contribution in [0.3, 0.4) is 0 Å². The lowest BCUT2D eigenvalue weighted by Crippen LogP contribution is -2.30. The van der Waals surface area contributed by atoms with Gasteiger partial charge in [0, 0.05) is 19.3 Å². The summed E-state index contributed by atoms with van der Waals surface area (Å²) in [4.78, 5) is 38.3. The Labute approximate surface area is 462 Å². The number of carbonyl (C=O) groups excluding carboxylic acids is 3. The maximum atomic E-state index is 12.9. The van der Waals surface area contributed by atoms with Gasteiger partial charge >= 0.3 is 17.9 Å². The lowest BCUT2D eigenvalue weighted by molar-refractivity contribution is -0.167. The van der Waals surface area contributed by atoms with Gasteiger partial charge in [-0.1, -0.05) is 328 Å². The highest BCUT2D eigenvalue weighted by Gasteiger charge is 2.19. The minimum absolute atomic E-state index is 0.0650. The maximum absolute atomic E-state index is 12.9. The summed E-state index contributed by atoms with van der Waals surface area (Å²) in [5.74, 6) is -0.836. The van der Waals surface area contributed by atoms with Gasteiger partial charge in [0.05, 0.1) is 0 Å². The van der Waals surface area contributed by atoms with E-state index in [0.717, 1.165) is 64.2 Å². The molecular weight excluding hydrogens is 913 g/mol. The van der Waals surface area contributed by atoms with Crippen molar-refractivity contribution in [2.75, 3.05) is 13.2 Å². The standard InChI is InChI=1S/C68H128O6/c1-4-7-10-13-16-19-22-25-28-30-32-33-34-35-37-38-40-43-46-49-52-55-58-61-67(70)73-64-65(63-72-66(69)60-57-54-51-48-45-42-27-24-21-18-15-12-9-6-3)74-68(71)62-59-56-53-50-47-44-41-39-36-31-29-26-23-20-17-14-11-8-5-2/h22,25,30,32,65H,4-21,23-24,26-29,31,33-64H2,1-3H3/b25-22-,32-30-. The number of hydrogen-bond donors (Lipinski definition) is 0. The van der Waals surface area contributed by atoms with Crippen molar-refractivity contribution in [3.05, 3.63) is 24.3 Å². The first-order chi connectivity index (χ1) is 36.5. The summed E-state index contributed by atoms with van der Waals surface area (Å²) in [5.41, 5.74) is 0. The van der Waals surface area contributed by atoms with Crippen molar-refractivity contribution in [1.82, 2.24) is 0 Å². The zero-order valence-corrected chi connectivity index (χ0v) is 50.1. The molecule has 0 fully saturated rings. The summed E-state index contributed by atoms with van der Waals surface area (Å²) < 4.78 is 17.0. The predicted octanol–water partition coefficient (Wildman–Crippen LogP) is 22.6. The minimum Gasteiger partial charge on any atom is -0.462 e. The molecule has 1 atom stereocenters. The molecule has 0 saturated heterocycles. The first-order valence-corrected chi connectivity index (χ1v) is 33.3.